The van der Waals surface area contributed by atoms with Gasteiger partial charge in [0.2, 0.25) is 0 Å². The summed E-state index contributed by atoms with van der Waals surface area (Å²) in [5, 5.41) is 8.93. The smallest absolute Gasteiger partial charge is 0.323 e. The average Bonchev–Trinajstić information content (AvgIpc) is 2.90. The van der Waals surface area contributed by atoms with Crippen LogP contribution in [0, 0.1) is 6.92 Å². The van der Waals surface area contributed by atoms with Gasteiger partial charge in [-0.3, -0.25) is 14.5 Å². The number of anilines is 1. The molecule has 1 amide bonds. The van der Waals surface area contributed by atoms with Crippen LogP contribution in [0.5, 0.6) is 0 Å². The molecule has 0 aliphatic rings. The third-order valence-electron chi connectivity index (χ3n) is 2.65. The van der Waals surface area contributed by atoms with Crippen molar-refractivity contribution in [3.63, 3.8) is 0 Å². The zero-order valence-electron chi connectivity index (χ0n) is 10.4. The van der Waals surface area contributed by atoms with E-state index in [1.165, 1.54) is 23.5 Å². The minimum Gasteiger partial charge on any atom is -0.480 e. The number of hydrogen-bond donors (Lipinski definition) is 1. The Balaban J connectivity index is 2.33. The first kappa shape index (κ1) is 12.9. The number of aliphatic carboxylic acids is 1. The Hall–Kier alpha value is -2.56. The Morgan fingerprint density at radius 2 is 1.89 bits per heavy atom. The molecule has 19 heavy (non-hydrogen) atoms. The summed E-state index contributed by atoms with van der Waals surface area (Å²) in [5.74, 6) is -1.47. The molecule has 98 valence electrons. The molecule has 0 atom stereocenters. The maximum Gasteiger partial charge on any atom is 0.323 e. The van der Waals surface area contributed by atoms with Crippen molar-refractivity contribution in [3.05, 3.63) is 54.0 Å². The summed E-state index contributed by atoms with van der Waals surface area (Å²) in [4.78, 5) is 24.3. The van der Waals surface area contributed by atoms with Gasteiger partial charge in [0.05, 0.1) is 11.8 Å². The van der Waals surface area contributed by atoms with Crippen molar-refractivity contribution in [2.45, 2.75) is 6.92 Å². The summed E-state index contributed by atoms with van der Waals surface area (Å²) in [7, 11) is 0. The highest BCUT2D eigenvalue weighted by Gasteiger charge is 2.21. The summed E-state index contributed by atoms with van der Waals surface area (Å²) in [6.07, 6.45) is 2.67. The molecule has 2 rings (SSSR count). The number of hydrogen-bond acceptors (Lipinski definition) is 3. The average molecular weight is 259 g/mol. The fourth-order valence-corrected chi connectivity index (χ4v) is 1.68. The molecule has 0 spiro atoms. The Morgan fingerprint density at radius 3 is 2.42 bits per heavy atom. The highest BCUT2D eigenvalue weighted by Crippen LogP contribution is 2.18. The molecule has 1 N–H and O–H groups in total. The quantitative estimate of drug-likeness (QED) is 0.914. The lowest BCUT2D eigenvalue weighted by Crippen LogP contribution is -2.35. The SMILES string of the molecule is Cc1ccc(N(CC(=O)O)C(=O)c2ccoc2)cc1. The van der Waals surface area contributed by atoms with E-state index in [-0.39, 0.29) is 0 Å². The van der Waals surface area contributed by atoms with Crippen LogP contribution in [0.1, 0.15) is 15.9 Å². The van der Waals surface area contributed by atoms with E-state index in [0.717, 1.165) is 5.56 Å². The first-order chi connectivity index (χ1) is 9.08. The fraction of sp³-hybridized carbons (Fsp3) is 0.143. The lowest BCUT2D eigenvalue weighted by atomic mass is 10.2. The van der Waals surface area contributed by atoms with Crippen LogP contribution in [0.15, 0.2) is 47.3 Å². The predicted octanol–water partition coefficient (Wildman–Crippen LogP) is 2.32. The van der Waals surface area contributed by atoms with E-state index in [4.69, 9.17) is 9.52 Å². The van der Waals surface area contributed by atoms with Gasteiger partial charge in [-0.15, -0.1) is 0 Å². The summed E-state index contributed by atoms with van der Waals surface area (Å²) in [5.41, 5.74) is 1.90. The van der Waals surface area contributed by atoms with E-state index in [1.807, 2.05) is 19.1 Å². The van der Waals surface area contributed by atoms with Gasteiger partial charge < -0.3 is 9.52 Å². The number of rotatable bonds is 4. The third-order valence-corrected chi connectivity index (χ3v) is 2.65. The van der Waals surface area contributed by atoms with Crippen molar-refractivity contribution < 1.29 is 19.1 Å². The first-order valence-corrected chi connectivity index (χ1v) is 5.70. The molecule has 0 saturated heterocycles. The van der Waals surface area contributed by atoms with E-state index in [2.05, 4.69) is 0 Å². The summed E-state index contributed by atoms with van der Waals surface area (Å²) in [6.45, 7) is 1.52. The molecule has 0 unspecified atom stereocenters. The van der Waals surface area contributed by atoms with Gasteiger partial charge in [-0.2, -0.15) is 0 Å². The van der Waals surface area contributed by atoms with E-state index in [9.17, 15) is 9.59 Å². The zero-order chi connectivity index (χ0) is 13.8. The second-order valence-electron chi connectivity index (χ2n) is 4.13. The van der Waals surface area contributed by atoms with E-state index >= 15 is 0 Å². The van der Waals surface area contributed by atoms with Crippen LogP contribution < -0.4 is 4.90 Å². The highest BCUT2D eigenvalue weighted by atomic mass is 16.4. The van der Waals surface area contributed by atoms with Crippen molar-refractivity contribution in [2.75, 3.05) is 11.4 Å². The van der Waals surface area contributed by atoms with Crippen LogP contribution in [0.4, 0.5) is 5.69 Å². The van der Waals surface area contributed by atoms with Gasteiger partial charge >= 0.3 is 5.97 Å². The number of aryl methyl sites for hydroxylation is 1. The Labute approximate surface area is 110 Å². The van der Waals surface area contributed by atoms with E-state index in [1.54, 1.807) is 12.1 Å². The monoisotopic (exact) mass is 259 g/mol. The minimum atomic E-state index is -1.07. The summed E-state index contributed by atoms with van der Waals surface area (Å²) in [6, 6.07) is 8.59. The van der Waals surface area contributed by atoms with Gasteiger partial charge in [0.1, 0.15) is 12.8 Å². The van der Waals surface area contributed by atoms with Crippen molar-refractivity contribution in [2.24, 2.45) is 0 Å². The lowest BCUT2D eigenvalue weighted by molar-refractivity contribution is -0.135. The van der Waals surface area contributed by atoms with Crippen LogP contribution in [-0.4, -0.2) is 23.5 Å². The first-order valence-electron chi connectivity index (χ1n) is 5.70. The summed E-state index contributed by atoms with van der Waals surface area (Å²) < 4.78 is 4.85. The molecule has 2 aromatic rings. The number of furan rings is 1. The van der Waals surface area contributed by atoms with Gasteiger partial charge in [0.15, 0.2) is 0 Å². The second-order valence-corrected chi connectivity index (χ2v) is 4.13. The van der Waals surface area contributed by atoms with Crippen LogP contribution in [-0.2, 0) is 4.79 Å². The molecule has 0 radical (unpaired) electrons. The molecule has 5 heteroatoms. The maximum absolute atomic E-state index is 12.2. The standard InChI is InChI=1S/C14H13NO4/c1-10-2-4-12(5-3-10)15(8-13(16)17)14(18)11-6-7-19-9-11/h2-7,9H,8H2,1H3,(H,16,17). The van der Waals surface area contributed by atoms with Gasteiger partial charge in [-0.1, -0.05) is 17.7 Å². The van der Waals surface area contributed by atoms with Crippen molar-refractivity contribution in [1.29, 1.82) is 0 Å². The molecule has 1 heterocycles. The van der Waals surface area contributed by atoms with Gasteiger partial charge in [0, 0.05) is 5.69 Å². The minimum absolute atomic E-state index is 0.321. The maximum atomic E-state index is 12.2. The van der Waals surface area contributed by atoms with Gasteiger partial charge in [-0.05, 0) is 25.1 Å². The molecule has 0 fully saturated rings. The molecule has 0 saturated carbocycles. The summed E-state index contributed by atoms with van der Waals surface area (Å²) >= 11 is 0. The Kier molecular flexibility index (Phi) is 3.66. The molecule has 0 bridgehead atoms. The zero-order valence-corrected chi connectivity index (χ0v) is 10.4. The fourth-order valence-electron chi connectivity index (χ4n) is 1.68. The predicted molar refractivity (Wildman–Crippen MR) is 69.2 cm³/mol. The number of nitrogens with zero attached hydrogens (tertiary/aromatic N) is 1. The number of carbonyl (C=O) groups excluding carboxylic acids is 1. The van der Waals surface area contributed by atoms with Crippen LogP contribution >= 0.6 is 0 Å². The second kappa shape index (κ2) is 5.39. The molecular weight excluding hydrogens is 246 g/mol. The number of benzene rings is 1. The third kappa shape index (κ3) is 3.01. The van der Waals surface area contributed by atoms with Crippen molar-refractivity contribution in [3.8, 4) is 0 Å². The topological polar surface area (TPSA) is 70.8 Å². The van der Waals surface area contributed by atoms with Gasteiger partial charge in [-0.25, -0.2) is 0 Å². The van der Waals surface area contributed by atoms with E-state index < -0.39 is 18.4 Å². The normalized spacial score (nSPS) is 10.2. The van der Waals surface area contributed by atoms with Crippen molar-refractivity contribution in [1.82, 2.24) is 0 Å². The number of carboxylic acid groups (broad SMARTS) is 1. The highest BCUT2D eigenvalue weighted by molar-refractivity contribution is 6.07. The molecule has 0 aliphatic carbocycles. The lowest BCUT2D eigenvalue weighted by Gasteiger charge is -2.20. The Morgan fingerprint density at radius 1 is 1.21 bits per heavy atom. The number of carbonyl (C=O) groups is 2. The van der Waals surface area contributed by atoms with E-state index in [0.29, 0.717) is 11.3 Å². The number of amides is 1. The molecule has 0 aliphatic heterocycles. The van der Waals surface area contributed by atoms with Crippen LogP contribution in [0.3, 0.4) is 0 Å². The molecule has 1 aromatic carbocycles. The van der Waals surface area contributed by atoms with Crippen molar-refractivity contribution >= 4 is 17.6 Å². The molecule has 1 aromatic heterocycles. The Bertz CT molecular complexity index is 572. The van der Waals surface area contributed by atoms with Crippen LogP contribution in [0.25, 0.3) is 0 Å². The van der Waals surface area contributed by atoms with Crippen LogP contribution in [0.2, 0.25) is 0 Å². The largest absolute Gasteiger partial charge is 0.480 e. The molecule has 5 nitrogen and oxygen atoms in total. The molecular formula is C14H13NO4. The van der Waals surface area contributed by atoms with Gasteiger partial charge in [0.25, 0.3) is 5.91 Å². The number of carboxylic acids is 1.